The van der Waals surface area contributed by atoms with E-state index >= 15 is 0 Å². The molecule has 0 bridgehead atoms. The Kier molecular flexibility index (Phi) is 4.56. The number of thiophene rings is 1. The molecule has 30 heavy (non-hydrogen) atoms. The molecule has 6 heteroatoms. The van der Waals surface area contributed by atoms with E-state index in [1.807, 2.05) is 61.5 Å². The predicted octanol–water partition coefficient (Wildman–Crippen LogP) is 4.84. The topological polar surface area (TPSA) is 65.1 Å². The van der Waals surface area contributed by atoms with Crippen LogP contribution in [0.4, 0.5) is 0 Å². The molecule has 0 fully saturated rings. The lowest BCUT2D eigenvalue weighted by molar-refractivity contribution is 0.557. The third-order valence-electron chi connectivity index (χ3n) is 5.22. The van der Waals surface area contributed by atoms with Crippen LogP contribution in [0.5, 0.6) is 0 Å². The lowest BCUT2D eigenvalue weighted by Gasteiger charge is -2.08. The summed E-state index contributed by atoms with van der Waals surface area (Å²) in [5, 5.41) is 1.41. The SMILES string of the molecule is CCc1ccc2c(Cn3cnc4sc(-c5ccccc5)cc4c3=O)cc(=O)oc2c1. The molecule has 3 heterocycles. The van der Waals surface area contributed by atoms with Crippen LogP contribution in [-0.4, -0.2) is 9.55 Å². The van der Waals surface area contributed by atoms with E-state index in [0.717, 1.165) is 33.4 Å². The van der Waals surface area contributed by atoms with Crippen LogP contribution in [-0.2, 0) is 13.0 Å². The van der Waals surface area contributed by atoms with Crippen LogP contribution in [0.2, 0.25) is 0 Å². The molecular formula is C24H18N2O3S. The molecule has 0 saturated carbocycles. The van der Waals surface area contributed by atoms with Gasteiger partial charge in [0.15, 0.2) is 0 Å². The molecule has 0 aliphatic carbocycles. The van der Waals surface area contributed by atoms with Crippen LogP contribution in [0.1, 0.15) is 18.1 Å². The Hall–Kier alpha value is -3.51. The highest BCUT2D eigenvalue weighted by Gasteiger charge is 2.13. The average molecular weight is 414 g/mol. The normalized spacial score (nSPS) is 11.4. The van der Waals surface area contributed by atoms with Crippen molar-refractivity contribution in [3.8, 4) is 10.4 Å². The summed E-state index contributed by atoms with van der Waals surface area (Å²) in [6.07, 6.45) is 2.41. The zero-order valence-corrected chi connectivity index (χ0v) is 17.1. The molecule has 2 aromatic carbocycles. The van der Waals surface area contributed by atoms with Crippen LogP contribution in [0.25, 0.3) is 31.6 Å². The Balaban J connectivity index is 1.60. The second kappa shape index (κ2) is 7.39. The van der Waals surface area contributed by atoms with Gasteiger partial charge in [-0.1, -0.05) is 49.4 Å². The minimum atomic E-state index is -0.422. The van der Waals surface area contributed by atoms with Crippen molar-refractivity contribution in [2.75, 3.05) is 0 Å². The lowest BCUT2D eigenvalue weighted by Crippen LogP contribution is -2.21. The van der Waals surface area contributed by atoms with E-state index in [9.17, 15) is 9.59 Å². The van der Waals surface area contributed by atoms with Gasteiger partial charge in [-0.3, -0.25) is 9.36 Å². The fraction of sp³-hybridized carbons (Fsp3) is 0.125. The van der Waals surface area contributed by atoms with E-state index in [0.29, 0.717) is 15.8 Å². The maximum absolute atomic E-state index is 13.1. The standard InChI is InChI=1S/C24H18N2O3S/c1-2-15-8-9-18-17(11-22(27)29-20(18)10-15)13-26-14-25-23-19(24(26)28)12-21(30-23)16-6-4-3-5-7-16/h3-12,14H,2,13H2,1H3. The highest BCUT2D eigenvalue weighted by molar-refractivity contribution is 7.21. The van der Waals surface area contributed by atoms with E-state index < -0.39 is 5.63 Å². The second-order valence-corrected chi connectivity index (χ2v) is 8.18. The first-order valence-corrected chi connectivity index (χ1v) is 10.5. The highest BCUT2D eigenvalue weighted by atomic mass is 32.1. The molecule has 0 aliphatic rings. The molecule has 0 unspecified atom stereocenters. The van der Waals surface area contributed by atoms with Crippen molar-refractivity contribution in [2.24, 2.45) is 0 Å². The van der Waals surface area contributed by atoms with Crippen molar-refractivity contribution in [3.63, 3.8) is 0 Å². The largest absolute Gasteiger partial charge is 0.423 e. The van der Waals surface area contributed by atoms with Crippen LogP contribution in [0.3, 0.4) is 0 Å². The summed E-state index contributed by atoms with van der Waals surface area (Å²) in [5.41, 5.74) is 2.89. The van der Waals surface area contributed by atoms with Gasteiger partial charge in [-0.25, -0.2) is 9.78 Å². The number of rotatable bonds is 4. The summed E-state index contributed by atoms with van der Waals surface area (Å²) in [4.78, 5) is 31.4. The van der Waals surface area contributed by atoms with Gasteiger partial charge >= 0.3 is 5.63 Å². The maximum Gasteiger partial charge on any atom is 0.336 e. The number of benzene rings is 2. The average Bonchev–Trinajstić information content (AvgIpc) is 3.21. The third-order valence-corrected chi connectivity index (χ3v) is 6.31. The summed E-state index contributed by atoms with van der Waals surface area (Å²) in [6.45, 7) is 2.31. The summed E-state index contributed by atoms with van der Waals surface area (Å²) < 4.78 is 6.93. The van der Waals surface area contributed by atoms with Gasteiger partial charge in [-0.2, -0.15) is 0 Å². The number of nitrogens with zero attached hydrogens (tertiary/aromatic N) is 2. The van der Waals surface area contributed by atoms with Gasteiger partial charge in [-0.05, 0) is 35.2 Å². The summed E-state index contributed by atoms with van der Waals surface area (Å²) >= 11 is 1.50. The Morgan fingerprint density at radius 1 is 1.00 bits per heavy atom. The first kappa shape index (κ1) is 18.5. The zero-order valence-electron chi connectivity index (χ0n) is 16.3. The van der Waals surface area contributed by atoms with E-state index in [2.05, 4.69) is 4.98 Å². The van der Waals surface area contributed by atoms with Crippen molar-refractivity contribution < 1.29 is 4.42 Å². The van der Waals surface area contributed by atoms with Crippen molar-refractivity contribution in [1.29, 1.82) is 0 Å². The van der Waals surface area contributed by atoms with Crippen molar-refractivity contribution in [2.45, 2.75) is 19.9 Å². The molecule has 0 saturated heterocycles. The van der Waals surface area contributed by atoms with Gasteiger partial charge in [0, 0.05) is 16.3 Å². The molecular weight excluding hydrogens is 396 g/mol. The lowest BCUT2D eigenvalue weighted by atomic mass is 10.1. The molecule has 0 aliphatic heterocycles. The molecule has 0 atom stereocenters. The van der Waals surface area contributed by atoms with E-state index in [1.165, 1.54) is 17.4 Å². The van der Waals surface area contributed by atoms with Crippen LogP contribution < -0.4 is 11.2 Å². The Morgan fingerprint density at radius 3 is 2.63 bits per heavy atom. The highest BCUT2D eigenvalue weighted by Crippen LogP contribution is 2.30. The van der Waals surface area contributed by atoms with Gasteiger partial charge < -0.3 is 4.42 Å². The van der Waals surface area contributed by atoms with Gasteiger partial charge in [0.2, 0.25) is 0 Å². The molecule has 0 radical (unpaired) electrons. The Labute approximate surface area is 175 Å². The third kappa shape index (κ3) is 3.25. The molecule has 5 rings (SSSR count). The number of hydrogen-bond donors (Lipinski definition) is 0. The van der Waals surface area contributed by atoms with E-state index in [-0.39, 0.29) is 12.1 Å². The Bertz CT molecular complexity index is 1500. The second-order valence-electron chi connectivity index (χ2n) is 7.15. The summed E-state index contributed by atoms with van der Waals surface area (Å²) in [7, 11) is 0. The summed E-state index contributed by atoms with van der Waals surface area (Å²) in [6, 6.07) is 19.1. The number of fused-ring (bicyclic) bond motifs is 2. The fourth-order valence-electron chi connectivity index (χ4n) is 3.63. The molecule has 0 amide bonds. The van der Waals surface area contributed by atoms with E-state index in [4.69, 9.17) is 4.42 Å². The fourth-order valence-corrected chi connectivity index (χ4v) is 4.62. The number of hydrogen-bond acceptors (Lipinski definition) is 5. The van der Waals surface area contributed by atoms with Crippen molar-refractivity contribution in [3.05, 3.63) is 98.9 Å². The van der Waals surface area contributed by atoms with Gasteiger partial charge in [0.25, 0.3) is 5.56 Å². The van der Waals surface area contributed by atoms with Crippen molar-refractivity contribution >= 4 is 32.5 Å². The van der Waals surface area contributed by atoms with Gasteiger partial charge in [0.1, 0.15) is 10.4 Å². The van der Waals surface area contributed by atoms with E-state index in [1.54, 1.807) is 10.9 Å². The van der Waals surface area contributed by atoms with Gasteiger partial charge in [0.05, 0.1) is 18.3 Å². The first-order chi connectivity index (χ1) is 14.6. The maximum atomic E-state index is 13.1. The minimum absolute atomic E-state index is 0.120. The summed E-state index contributed by atoms with van der Waals surface area (Å²) in [5.74, 6) is 0. The smallest absolute Gasteiger partial charge is 0.336 e. The van der Waals surface area contributed by atoms with Crippen LogP contribution in [0, 0.1) is 0 Å². The van der Waals surface area contributed by atoms with Crippen molar-refractivity contribution in [1.82, 2.24) is 9.55 Å². The van der Waals surface area contributed by atoms with Gasteiger partial charge in [-0.15, -0.1) is 11.3 Å². The Morgan fingerprint density at radius 2 is 1.83 bits per heavy atom. The quantitative estimate of drug-likeness (QED) is 0.395. The molecule has 5 nitrogen and oxygen atoms in total. The first-order valence-electron chi connectivity index (χ1n) is 9.72. The predicted molar refractivity (Wildman–Crippen MR) is 120 cm³/mol. The molecule has 148 valence electrons. The zero-order chi connectivity index (χ0) is 20.7. The number of aryl methyl sites for hydroxylation is 1. The van der Waals surface area contributed by atoms with Crippen LogP contribution >= 0.6 is 11.3 Å². The molecule has 0 N–H and O–H groups in total. The monoisotopic (exact) mass is 414 g/mol. The molecule has 3 aromatic heterocycles. The molecule has 5 aromatic rings. The molecule has 0 spiro atoms. The number of aromatic nitrogens is 2. The minimum Gasteiger partial charge on any atom is -0.423 e. The van der Waals surface area contributed by atoms with Crippen LogP contribution in [0.15, 0.2) is 81.0 Å².